The van der Waals surface area contributed by atoms with Gasteiger partial charge < -0.3 is 5.32 Å². The molecule has 0 amide bonds. The highest BCUT2D eigenvalue weighted by Crippen LogP contribution is 2.66. The lowest BCUT2D eigenvalue weighted by Gasteiger charge is -2.60. The van der Waals surface area contributed by atoms with Crippen LogP contribution in [0, 0.1) is 34.5 Å². The van der Waals surface area contributed by atoms with Crippen molar-refractivity contribution in [2.24, 2.45) is 34.5 Å². The van der Waals surface area contributed by atoms with Gasteiger partial charge in [0.2, 0.25) is 0 Å². The van der Waals surface area contributed by atoms with Crippen LogP contribution >= 0.6 is 0 Å². The van der Waals surface area contributed by atoms with E-state index in [9.17, 15) is 0 Å². The van der Waals surface area contributed by atoms with E-state index in [4.69, 9.17) is 0 Å². The number of hydrogen-bond acceptors (Lipinski definition) is 1. The molecule has 4 fully saturated rings. The Labute approximate surface area is 131 Å². The van der Waals surface area contributed by atoms with Gasteiger partial charge >= 0.3 is 0 Å². The van der Waals surface area contributed by atoms with E-state index in [0.29, 0.717) is 10.8 Å². The van der Waals surface area contributed by atoms with Crippen LogP contribution in [0.5, 0.6) is 0 Å². The number of hydrogen-bond donors (Lipinski definition) is 1. The number of rotatable bonds is 1. The fraction of sp³-hybridized carbons (Fsp3) is 1.00. The molecule has 0 spiro atoms. The summed E-state index contributed by atoms with van der Waals surface area (Å²) in [4.78, 5) is 0. The van der Waals surface area contributed by atoms with E-state index in [1.807, 2.05) is 0 Å². The van der Waals surface area contributed by atoms with Crippen LogP contribution in [0.15, 0.2) is 0 Å². The Morgan fingerprint density at radius 2 is 1.57 bits per heavy atom. The molecule has 7 unspecified atom stereocenters. The number of nitrogens with one attached hydrogen (secondary N) is 1. The molecule has 120 valence electrons. The summed E-state index contributed by atoms with van der Waals surface area (Å²) in [6, 6.07) is 0.792. The van der Waals surface area contributed by atoms with Crippen molar-refractivity contribution in [1.29, 1.82) is 0 Å². The molecule has 4 aliphatic carbocycles. The minimum Gasteiger partial charge on any atom is -0.316 e. The van der Waals surface area contributed by atoms with Crippen LogP contribution in [0.2, 0.25) is 0 Å². The Hall–Kier alpha value is -0.0400. The van der Waals surface area contributed by atoms with Crippen molar-refractivity contribution in [2.75, 3.05) is 7.05 Å². The fourth-order valence-corrected chi connectivity index (χ4v) is 7.77. The molecular formula is C20H35N. The average molecular weight is 290 g/mol. The quantitative estimate of drug-likeness (QED) is 0.715. The van der Waals surface area contributed by atoms with E-state index in [1.165, 1.54) is 44.9 Å². The van der Waals surface area contributed by atoms with Gasteiger partial charge in [0.05, 0.1) is 0 Å². The predicted molar refractivity (Wildman–Crippen MR) is 89.2 cm³/mol. The van der Waals surface area contributed by atoms with Crippen LogP contribution in [-0.4, -0.2) is 13.1 Å². The molecule has 1 nitrogen and oxygen atoms in total. The van der Waals surface area contributed by atoms with Crippen LogP contribution in [0.1, 0.15) is 78.1 Å². The highest BCUT2D eigenvalue weighted by molar-refractivity contribution is 5.10. The van der Waals surface area contributed by atoms with Crippen molar-refractivity contribution in [3.05, 3.63) is 0 Å². The second-order valence-electron chi connectivity index (χ2n) is 9.37. The Kier molecular flexibility index (Phi) is 3.45. The van der Waals surface area contributed by atoms with Gasteiger partial charge in [-0.3, -0.25) is 0 Å². The lowest BCUT2D eigenvalue weighted by molar-refractivity contribution is -0.106. The average Bonchev–Trinajstić information content (AvgIpc) is 2.83. The molecule has 4 aliphatic rings. The topological polar surface area (TPSA) is 12.0 Å². The van der Waals surface area contributed by atoms with E-state index in [-0.39, 0.29) is 0 Å². The van der Waals surface area contributed by atoms with E-state index < -0.39 is 0 Å². The summed E-state index contributed by atoms with van der Waals surface area (Å²) < 4.78 is 0. The molecule has 1 heteroatoms. The van der Waals surface area contributed by atoms with Crippen molar-refractivity contribution < 1.29 is 0 Å². The van der Waals surface area contributed by atoms with Crippen molar-refractivity contribution in [3.8, 4) is 0 Å². The van der Waals surface area contributed by atoms with Crippen LogP contribution in [-0.2, 0) is 0 Å². The van der Waals surface area contributed by atoms with Gasteiger partial charge in [0.25, 0.3) is 0 Å². The standard InChI is InChI=1S/C20H35N/c1-19-12-5-4-6-14(19)7-8-15-16-9-10-18(21-3)20(16,2)13-11-17(15)19/h14-18,21H,4-13H2,1-3H3. The summed E-state index contributed by atoms with van der Waals surface area (Å²) in [5.74, 6) is 4.21. The smallest absolute Gasteiger partial charge is 0.0121 e. The van der Waals surface area contributed by atoms with Crippen molar-refractivity contribution >= 4 is 0 Å². The minimum atomic E-state index is 0.605. The maximum Gasteiger partial charge on any atom is 0.0121 e. The Balaban J connectivity index is 1.62. The van der Waals surface area contributed by atoms with Crippen molar-refractivity contribution in [3.63, 3.8) is 0 Å². The van der Waals surface area contributed by atoms with Crippen LogP contribution in [0.3, 0.4) is 0 Å². The number of fused-ring (bicyclic) bond motifs is 5. The Morgan fingerprint density at radius 3 is 2.38 bits per heavy atom. The van der Waals surface area contributed by atoms with Crippen LogP contribution in [0.25, 0.3) is 0 Å². The third-order valence-electron chi connectivity index (χ3n) is 8.93. The normalized spacial score (nSPS) is 56.4. The van der Waals surface area contributed by atoms with Gasteiger partial charge in [0.15, 0.2) is 0 Å². The molecule has 0 aromatic carbocycles. The lowest BCUT2D eigenvalue weighted by Crippen LogP contribution is -2.54. The van der Waals surface area contributed by atoms with E-state index in [0.717, 1.165) is 29.7 Å². The van der Waals surface area contributed by atoms with Gasteiger partial charge in [0, 0.05) is 6.04 Å². The van der Waals surface area contributed by atoms with Crippen molar-refractivity contribution in [2.45, 2.75) is 84.1 Å². The van der Waals surface area contributed by atoms with Gasteiger partial charge in [-0.2, -0.15) is 0 Å². The highest BCUT2D eigenvalue weighted by atomic mass is 14.9. The second kappa shape index (κ2) is 4.98. The molecule has 0 saturated heterocycles. The summed E-state index contributed by atoms with van der Waals surface area (Å²) in [5.41, 5.74) is 1.31. The Bertz CT molecular complexity index is 405. The van der Waals surface area contributed by atoms with Gasteiger partial charge in [-0.15, -0.1) is 0 Å². The van der Waals surface area contributed by atoms with Gasteiger partial charge in [-0.1, -0.05) is 26.7 Å². The van der Waals surface area contributed by atoms with Gasteiger partial charge in [0.1, 0.15) is 0 Å². The molecule has 21 heavy (non-hydrogen) atoms. The monoisotopic (exact) mass is 289 g/mol. The summed E-state index contributed by atoms with van der Waals surface area (Å²) >= 11 is 0. The molecule has 0 radical (unpaired) electrons. The fourth-order valence-electron chi connectivity index (χ4n) is 7.77. The van der Waals surface area contributed by atoms with Gasteiger partial charge in [-0.25, -0.2) is 0 Å². The lowest BCUT2D eigenvalue weighted by atomic mass is 9.45. The first-order chi connectivity index (χ1) is 10.1. The molecule has 0 bridgehead atoms. The SMILES string of the molecule is CNC1CCC2C3CCC4CCCCC4(C)C3CCC12C. The van der Waals surface area contributed by atoms with E-state index in [1.54, 1.807) is 19.3 Å². The molecule has 0 aliphatic heterocycles. The first kappa shape index (κ1) is 14.5. The molecule has 4 rings (SSSR count). The zero-order chi connectivity index (χ0) is 14.7. The molecule has 0 aromatic rings. The predicted octanol–water partition coefficient (Wildman–Crippen LogP) is 5.01. The van der Waals surface area contributed by atoms with E-state index >= 15 is 0 Å². The third-order valence-corrected chi connectivity index (χ3v) is 8.93. The first-order valence-corrected chi connectivity index (χ1v) is 9.77. The second-order valence-corrected chi connectivity index (χ2v) is 9.37. The maximum atomic E-state index is 3.66. The maximum absolute atomic E-state index is 3.66. The molecule has 1 N–H and O–H groups in total. The summed E-state index contributed by atoms with van der Waals surface area (Å²) in [6.45, 7) is 5.32. The molecular weight excluding hydrogens is 254 g/mol. The Morgan fingerprint density at radius 1 is 0.762 bits per heavy atom. The molecule has 0 aromatic heterocycles. The molecule has 7 atom stereocenters. The van der Waals surface area contributed by atoms with Crippen LogP contribution in [0.4, 0.5) is 0 Å². The van der Waals surface area contributed by atoms with E-state index in [2.05, 4.69) is 26.2 Å². The highest BCUT2D eigenvalue weighted by Gasteiger charge is 2.59. The molecule has 4 saturated carbocycles. The zero-order valence-electron chi connectivity index (χ0n) is 14.5. The molecule has 0 heterocycles. The van der Waals surface area contributed by atoms with Crippen molar-refractivity contribution in [1.82, 2.24) is 5.32 Å². The zero-order valence-corrected chi connectivity index (χ0v) is 14.5. The van der Waals surface area contributed by atoms with Gasteiger partial charge in [-0.05, 0) is 92.9 Å². The van der Waals surface area contributed by atoms with Crippen LogP contribution < -0.4 is 5.32 Å². The summed E-state index contributed by atoms with van der Waals surface area (Å²) in [6.07, 6.45) is 15.2. The first-order valence-electron chi connectivity index (χ1n) is 9.77. The summed E-state index contributed by atoms with van der Waals surface area (Å²) in [7, 11) is 2.20. The largest absolute Gasteiger partial charge is 0.316 e. The third kappa shape index (κ3) is 1.92. The minimum absolute atomic E-state index is 0.605. The summed E-state index contributed by atoms with van der Waals surface area (Å²) in [5, 5.41) is 3.66.